The maximum Gasteiger partial charge on any atom is 0.190 e. The zero-order valence-corrected chi connectivity index (χ0v) is 11.0. The van der Waals surface area contributed by atoms with Crippen LogP contribution in [0.4, 0.5) is 0 Å². The quantitative estimate of drug-likeness (QED) is 0.542. The van der Waals surface area contributed by atoms with Gasteiger partial charge in [0.05, 0.1) is 6.61 Å². The number of rotatable bonds is 8. The van der Waals surface area contributed by atoms with Crippen LogP contribution in [0.3, 0.4) is 0 Å². The highest BCUT2D eigenvalue weighted by molar-refractivity contribution is 7.99. The molecule has 1 rings (SSSR count). The fourth-order valence-corrected chi connectivity index (χ4v) is 2.07. The minimum absolute atomic E-state index is 0.773. The standard InChI is InChI=1S/C10H20N4OS/c1-9-12-13-10(14(9)2)16-8-4-5-11-6-7-15-3/h11H,4-8H2,1-3H3. The average molecular weight is 244 g/mol. The van der Waals surface area contributed by atoms with E-state index in [4.69, 9.17) is 4.74 Å². The molecule has 0 saturated heterocycles. The van der Waals surface area contributed by atoms with Crippen molar-refractivity contribution in [1.29, 1.82) is 0 Å². The van der Waals surface area contributed by atoms with Crippen LogP contribution in [-0.2, 0) is 11.8 Å². The molecule has 1 aromatic rings. The van der Waals surface area contributed by atoms with Crippen molar-refractivity contribution in [3.05, 3.63) is 5.82 Å². The zero-order valence-electron chi connectivity index (χ0n) is 10.2. The van der Waals surface area contributed by atoms with Crippen LogP contribution in [0.1, 0.15) is 12.2 Å². The third-order valence-corrected chi connectivity index (χ3v) is 3.37. The van der Waals surface area contributed by atoms with Gasteiger partial charge >= 0.3 is 0 Å². The van der Waals surface area contributed by atoms with Crippen LogP contribution >= 0.6 is 11.8 Å². The molecule has 0 unspecified atom stereocenters. The van der Waals surface area contributed by atoms with E-state index in [1.54, 1.807) is 18.9 Å². The lowest BCUT2D eigenvalue weighted by Gasteiger charge is -2.03. The summed E-state index contributed by atoms with van der Waals surface area (Å²) < 4.78 is 6.96. The molecule has 1 heterocycles. The Hall–Kier alpha value is -0.590. The summed E-state index contributed by atoms with van der Waals surface area (Å²) in [7, 11) is 3.71. The fraction of sp³-hybridized carbons (Fsp3) is 0.800. The molecule has 1 aromatic heterocycles. The first kappa shape index (κ1) is 13.5. The van der Waals surface area contributed by atoms with E-state index in [0.717, 1.165) is 42.9 Å². The van der Waals surface area contributed by atoms with Crippen LogP contribution < -0.4 is 5.32 Å². The van der Waals surface area contributed by atoms with Crippen LogP contribution in [-0.4, -0.2) is 47.3 Å². The number of nitrogens with one attached hydrogen (secondary N) is 1. The van der Waals surface area contributed by atoms with Crippen LogP contribution in [0.2, 0.25) is 0 Å². The number of aromatic nitrogens is 3. The third-order valence-electron chi connectivity index (χ3n) is 2.26. The summed E-state index contributed by atoms with van der Waals surface area (Å²) in [5.74, 6) is 2.02. The molecule has 92 valence electrons. The lowest BCUT2D eigenvalue weighted by Crippen LogP contribution is -2.20. The van der Waals surface area contributed by atoms with E-state index in [-0.39, 0.29) is 0 Å². The smallest absolute Gasteiger partial charge is 0.190 e. The van der Waals surface area contributed by atoms with E-state index < -0.39 is 0 Å². The summed E-state index contributed by atoms with van der Waals surface area (Å²) in [5, 5.41) is 12.4. The van der Waals surface area contributed by atoms with E-state index in [1.807, 2.05) is 18.5 Å². The third kappa shape index (κ3) is 4.51. The SMILES string of the molecule is COCCNCCCSc1nnc(C)n1C. The topological polar surface area (TPSA) is 52.0 Å². The molecule has 16 heavy (non-hydrogen) atoms. The number of hydrogen-bond acceptors (Lipinski definition) is 5. The molecule has 0 atom stereocenters. The molecule has 0 aliphatic carbocycles. The van der Waals surface area contributed by atoms with E-state index >= 15 is 0 Å². The zero-order chi connectivity index (χ0) is 11.8. The minimum atomic E-state index is 0.773. The molecule has 1 N–H and O–H groups in total. The second-order valence-corrected chi connectivity index (χ2v) is 4.60. The van der Waals surface area contributed by atoms with Gasteiger partial charge in [-0.25, -0.2) is 0 Å². The van der Waals surface area contributed by atoms with Crippen molar-refractivity contribution in [2.75, 3.05) is 32.6 Å². The molecule has 0 aliphatic heterocycles. The van der Waals surface area contributed by atoms with E-state index in [9.17, 15) is 0 Å². The lowest BCUT2D eigenvalue weighted by molar-refractivity contribution is 0.199. The fourth-order valence-electron chi connectivity index (χ4n) is 1.17. The predicted octanol–water partition coefficient (Wildman–Crippen LogP) is 0.842. The first-order valence-corrected chi connectivity index (χ1v) is 6.42. The van der Waals surface area contributed by atoms with Gasteiger partial charge < -0.3 is 14.6 Å². The number of ether oxygens (including phenoxy) is 1. The summed E-state index contributed by atoms with van der Waals surface area (Å²) in [5.41, 5.74) is 0. The van der Waals surface area contributed by atoms with Gasteiger partial charge in [-0.15, -0.1) is 10.2 Å². The van der Waals surface area contributed by atoms with E-state index in [0.29, 0.717) is 0 Å². The Morgan fingerprint density at radius 2 is 2.19 bits per heavy atom. The maximum atomic E-state index is 4.95. The Kier molecular flexibility index (Phi) is 6.44. The molecule has 5 nitrogen and oxygen atoms in total. The maximum absolute atomic E-state index is 4.95. The highest BCUT2D eigenvalue weighted by Gasteiger charge is 2.04. The van der Waals surface area contributed by atoms with Crippen molar-refractivity contribution in [3.8, 4) is 0 Å². The molecule has 0 fully saturated rings. The summed E-state index contributed by atoms with van der Waals surface area (Å²) in [4.78, 5) is 0. The number of aryl methyl sites for hydroxylation is 1. The molecule has 0 aliphatic rings. The second-order valence-electron chi connectivity index (χ2n) is 3.53. The average Bonchev–Trinajstić information content (AvgIpc) is 2.59. The molecule has 0 spiro atoms. The monoisotopic (exact) mass is 244 g/mol. The van der Waals surface area contributed by atoms with E-state index in [2.05, 4.69) is 15.5 Å². The Morgan fingerprint density at radius 1 is 1.38 bits per heavy atom. The number of methoxy groups -OCH3 is 1. The van der Waals surface area contributed by atoms with Gasteiger partial charge in [-0.05, 0) is 19.9 Å². The molecule has 0 amide bonds. The van der Waals surface area contributed by atoms with Gasteiger partial charge in [-0.3, -0.25) is 0 Å². The van der Waals surface area contributed by atoms with Crippen molar-refractivity contribution in [3.63, 3.8) is 0 Å². The molecule has 0 radical (unpaired) electrons. The Morgan fingerprint density at radius 3 is 2.81 bits per heavy atom. The van der Waals surface area contributed by atoms with Gasteiger partial charge in [0.1, 0.15) is 5.82 Å². The highest BCUT2D eigenvalue weighted by Crippen LogP contribution is 2.15. The first-order chi connectivity index (χ1) is 7.75. The van der Waals surface area contributed by atoms with Crippen LogP contribution in [0.15, 0.2) is 5.16 Å². The van der Waals surface area contributed by atoms with Gasteiger partial charge in [0.15, 0.2) is 5.16 Å². The molecule has 6 heteroatoms. The second kappa shape index (κ2) is 7.65. The van der Waals surface area contributed by atoms with E-state index in [1.165, 1.54) is 0 Å². The normalized spacial score (nSPS) is 10.9. The van der Waals surface area contributed by atoms with Gasteiger partial charge in [-0.2, -0.15) is 0 Å². The van der Waals surface area contributed by atoms with Gasteiger partial charge in [-0.1, -0.05) is 11.8 Å². The molecule has 0 aromatic carbocycles. The summed E-state index contributed by atoms with van der Waals surface area (Å²) >= 11 is 1.75. The highest BCUT2D eigenvalue weighted by atomic mass is 32.2. The summed E-state index contributed by atoms with van der Waals surface area (Å²) in [6.45, 7) is 4.68. The Labute approximate surface area is 101 Å². The van der Waals surface area contributed by atoms with Crippen molar-refractivity contribution >= 4 is 11.8 Å². The first-order valence-electron chi connectivity index (χ1n) is 5.44. The molecular weight excluding hydrogens is 224 g/mol. The largest absolute Gasteiger partial charge is 0.383 e. The predicted molar refractivity (Wildman–Crippen MR) is 65.8 cm³/mol. The van der Waals surface area contributed by atoms with Crippen LogP contribution in [0, 0.1) is 6.92 Å². The summed E-state index contributed by atoms with van der Waals surface area (Å²) in [6.07, 6.45) is 1.13. The van der Waals surface area contributed by atoms with Crippen LogP contribution in [0.5, 0.6) is 0 Å². The minimum Gasteiger partial charge on any atom is -0.383 e. The van der Waals surface area contributed by atoms with Crippen molar-refractivity contribution in [2.45, 2.75) is 18.5 Å². The van der Waals surface area contributed by atoms with Crippen molar-refractivity contribution in [2.24, 2.45) is 7.05 Å². The number of thioether (sulfide) groups is 1. The van der Waals surface area contributed by atoms with Crippen molar-refractivity contribution < 1.29 is 4.74 Å². The van der Waals surface area contributed by atoms with Gasteiger partial charge in [0, 0.05) is 26.5 Å². The Bertz CT molecular complexity index is 303. The molecular formula is C10H20N4OS. The Balaban J connectivity index is 2.05. The summed E-state index contributed by atoms with van der Waals surface area (Å²) in [6, 6.07) is 0. The molecule has 0 saturated carbocycles. The number of hydrogen-bond donors (Lipinski definition) is 1. The lowest BCUT2D eigenvalue weighted by atomic mass is 10.5. The number of nitrogens with zero attached hydrogens (tertiary/aromatic N) is 3. The van der Waals surface area contributed by atoms with Gasteiger partial charge in [0.2, 0.25) is 0 Å². The van der Waals surface area contributed by atoms with Gasteiger partial charge in [0.25, 0.3) is 0 Å². The van der Waals surface area contributed by atoms with Crippen molar-refractivity contribution in [1.82, 2.24) is 20.1 Å². The van der Waals surface area contributed by atoms with Crippen LogP contribution in [0.25, 0.3) is 0 Å². The molecule has 0 bridgehead atoms.